The fraction of sp³-hybridized carbons (Fsp3) is 0.333. The largest absolute Gasteiger partial charge is 0.484 e. The van der Waals surface area contributed by atoms with Gasteiger partial charge in [0, 0.05) is 12.1 Å². The maximum Gasteiger partial charge on any atom is 0.262 e. The second-order valence-corrected chi connectivity index (χ2v) is 6.72. The normalized spacial score (nSPS) is 11.6. The van der Waals surface area contributed by atoms with Crippen molar-refractivity contribution in [2.45, 2.75) is 39.5 Å². The molecule has 5 nitrogen and oxygen atoms in total. The van der Waals surface area contributed by atoms with Gasteiger partial charge in [-0.15, -0.1) is 0 Å². The number of carbonyl (C=O) groups is 2. The first kappa shape index (κ1) is 20.8. The molecule has 2 amide bonds. The van der Waals surface area contributed by atoms with Crippen molar-refractivity contribution in [3.05, 3.63) is 53.1 Å². The Bertz CT molecular complexity index is 791. The highest BCUT2D eigenvalue weighted by molar-refractivity contribution is 6.33. The lowest BCUT2D eigenvalue weighted by atomic mass is 9.99. The predicted molar refractivity (Wildman–Crippen MR) is 110 cm³/mol. The smallest absolute Gasteiger partial charge is 0.262 e. The summed E-state index contributed by atoms with van der Waals surface area (Å²) in [5.74, 6) is 0.679. The molecule has 0 spiro atoms. The fourth-order valence-corrected chi connectivity index (χ4v) is 2.58. The molecule has 0 fully saturated rings. The van der Waals surface area contributed by atoms with Crippen LogP contribution in [0.2, 0.25) is 5.02 Å². The van der Waals surface area contributed by atoms with Crippen molar-refractivity contribution in [1.29, 1.82) is 0 Å². The molecular formula is C21H25ClN2O3. The Labute approximate surface area is 165 Å². The van der Waals surface area contributed by atoms with E-state index in [1.54, 1.807) is 25.1 Å². The zero-order chi connectivity index (χ0) is 19.8. The molecule has 2 aromatic carbocycles. The molecule has 2 N–H and O–H groups in total. The molecule has 0 unspecified atom stereocenters. The first-order valence-electron chi connectivity index (χ1n) is 9.05. The molecule has 144 valence electrons. The van der Waals surface area contributed by atoms with Gasteiger partial charge in [-0.25, -0.2) is 0 Å². The van der Waals surface area contributed by atoms with Crippen LogP contribution in [0.5, 0.6) is 5.75 Å². The molecule has 0 saturated carbocycles. The standard InChI is InChI=1S/C21H25ClN2O3/c1-4-14(3)15-6-9-17(10-7-15)27-13-21(26)24-19-12-16(8-11-18(19)22)23-20(25)5-2/h6-12,14H,4-5,13H2,1-3H3,(H,23,25)(H,24,26)/t14-/m1/s1. The number of halogens is 1. The third kappa shape index (κ3) is 6.29. The zero-order valence-electron chi connectivity index (χ0n) is 15.8. The number of anilines is 2. The molecule has 1 atom stereocenters. The lowest BCUT2D eigenvalue weighted by Gasteiger charge is -2.12. The van der Waals surface area contributed by atoms with Crippen LogP contribution in [0, 0.1) is 0 Å². The van der Waals surface area contributed by atoms with E-state index in [1.807, 2.05) is 24.3 Å². The topological polar surface area (TPSA) is 67.4 Å². The van der Waals surface area contributed by atoms with Gasteiger partial charge < -0.3 is 15.4 Å². The van der Waals surface area contributed by atoms with Crippen molar-refractivity contribution >= 4 is 34.8 Å². The monoisotopic (exact) mass is 388 g/mol. The van der Waals surface area contributed by atoms with Crippen LogP contribution in [0.25, 0.3) is 0 Å². The van der Waals surface area contributed by atoms with Gasteiger partial charge in [0.05, 0.1) is 10.7 Å². The van der Waals surface area contributed by atoms with E-state index >= 15 is 0 Å². The van der Waals surface area contributed by atoms with Crippen LogP contribution < -0.4 is 15.4 Å². The van der Waals surface area contributed by atoms with Gasteiger partial charge in [-0.3, -0.25) is 9.59 Å². The van der Waals surface area contributed by atoms with Crippen molar-refractivity contribution in [2.24, 2.45) is 0 Å². The molecule has 0 aliphatic carbocycles. The van der Waals surface area contributed by atoms with Gasteiger partial charge in [-0.2, -0.15) is 0 Å². The summed E-state index contributed by atoms with van der Waals surface area (Å²) in [5, 5.41) is 5.82. The first-order valence-corrected chi connectivity index (χ1v) is 9.42. The summed E-state index contributed by atoms with van der Waals surface area (Å²) < 4.78 is 5.54. The summed E-state index contributed by atoms with van der Waals surface area (Å²) in [7, 11) is 0. The molecule has 0 aliphatic rings. The Kier molecular flexibility index (Phi) is 7.67. The van der Waals surface area contributed by atoms with Gasteiger partial charge in [0.1, 0.15) is 5.75 Å². The van der Waals surface area contributed by atoms with E-state index in [1.165, 1.54) is 5.56 Å². The average Bonchev–Trinajstić information content (AvgIpc) is 2.68. The van der Waals surface area contributed by atoms with Crippen molar-refractivity contribution in [3.8, 4) is 5.75 Å². The number of benzene rings is 2. The van der Waals surface area contributed by atoms with Crippen molar-refractivity contribution in [1.82, 2.24) is 0 Å². The Morgan fingerprint density at radius 1 is 1.04 bits per heavy atom. The Hall–Kier alpha value is -2.53. The number of carbonyl (C=O) groups excluding carboxylic acids is 2. The number of ether oxygens (including phenoxy) is 1. The quantitative estimate of drug-likeness (QED) is 0.651. The van der Waals surface area contributed by atoms with Crippen LogP contribution in [0.3, 0.4) is 0 Å². The van der Waals surface area contributed by atoms with Crippen LogP contribution in [0.1, 0.15) is 45.1 Å². The van der Waals surface area contributed by atoms with Crippen molar-refractivity contribution < 1.29 is 14.3 Å². The van der Waals surface area contributed by atoms with Gasteiger partial charge in [-0.05, 0) is 48.2 Å². The second-order valence-electron chi connectivity index (χ2n) is 6.31. The molecule has 2 rings (SSSR count). The predicted octanol–water partition coefficient (Wildman–Crippen LogP) is 5.22. The minimum atomic E-state index is -0.332. The van der Waals surface area contributed by atoms with E-state index in [0.29, 0.717) is 34.5 Å². The molecule has 27 heavy (non-hydrogen) atoms. The maximum atomic E-state index is 12.2. The number of rotatable bonds is 8. The van der Waals surface area contributed by atoms with Crippen LogP contribution in [0.15, 0.2) is 42.5 Å². The van der Waals surface area contributed by atoms with Gasteiger partial charge in [0.25, 0.3) is 5.91 Å². The highest BCUT2D eigenvalue weighted by atomic mass is 35.5. The molecular weight excluding hydrogens is 364 g/mol. The molecule has 6 heteroatoms. The van der Waals surface area contributed by atoms with E-state index in [0.717, 1.165) is 6.42 Å². The molecule has 0 aromatic heterocycles. The van der Waals surface area contributed by atoms with Gasteiger partial charge in [0.2, 0.25) is 5.91 Å². The molecule has 2 aromatic rings. The van der Waals surface area contributed by atoms with E-state index in [9.17, 15) is 9.59 Å². The highest BCUT2D eigenvalue weighted by Crippen LogP contribution is 2.26. The SMILES string of the molecule is CCC(=O)Nc1ccc(Cl)c(NC(=O)COc2ccc([C@H](C)CC)cc2)c1. The van der Waals surface area contributed by atoms with Gasteiger partial charge in [0.15, 0.2) is 6.61 Å². The summed E-state index contributed by atoms with van der Waals surface area (Å²) in [6.45, 7) is 5.95. The minimum absolute atomic E-state index is 0.112. The molecule has 0 saturated heterocycles. The second kappa shape index (κ2) is 9.97. The Morgan fingerprint density at radius 2 is 1.74 bits per heavy atom. The number of hydrogen-bond acceptors (Lipinski definition) is 3. The van der Waals surface area contributed by atoms with Crippen LogP contribution >= 0.6 is 11.6 Å². The lowest BCUT2D eigenvalue weighted by Crippen LogP contribution is -2.20. The Morgan fingerprint density at radius 3 is 2.37 bits per heavy atom. The number of nitrogens with one attached hydrogen (secondary N) is 2. The van der Waals surface area contributed by atoms with Crippen molar-refractivity contribution in [3.63, 3.8) is 0 Å². The van der Waals surface area contributed by atoms with Crippen LogP contribution in [-0.4, -0.2) is 18.4 Å². The summed E-state index contributed by atoms with van der Waals surface area (Å²) in [6, 6.07) is 12.7. The van der Waals surface area contributed by atoms with Gasteiger partial charge in [-0.1, -0.05) is 44.5 Å². The maximum absolute atomic E-state index is 12.2. The summed E-state index contributed by atoms with van der Waals surface area (Å²) in [6.07, 6.45) is 1.44. The van der Waals surface area contributed by atoms with E-state index in [-0.39, 0.29) is 18.4 Å². The average molecular weight is 389 g/mol. The van der Waals surface area contributed by atoms with Crippen LogP contribution in [0.4, 0.5) is 11.4 Å². The van der Waals surface area contributed by atoms with E-state index in [2.05, 4.69) is 24.5 Å². The van der Waals surface area contributed by atoms with E-state index < -0.39 is 0 Å². The van der Waals surface area contributed by atoms with Gasteiger partial charge >= 0.3 is 0 Å². The summed E-state index contributed by atoms with van der Waals surface area (Å²) in [4.78, 5) is 23.7. The van der Waals surface area contributed by atoms with Crippen molar-refractivity contribution in [2.75, 3.05) is 17.2 Å². The third-order valence-corrected chi connectivity index (χ3v) is 4.61. The van der Waals surface area contributed by atoms with Crippen LogP contribution in [-0.2, 0) is 9.59 Å². The van der Waals surface area contributed by atoms with E-state index in [4.69, 9.17) is 16.3 Å². The molecule has 0 bridgehead atoms. The lowest BCUT2D eigenvalue weighted by molar-refractivity contribution is -0.118. The fourth-order valence-electron chi connectivity index (χ4n) is 2.41. The first-order chi connectivity index (χ1) is 12.9. The number of hydrogen-bond donors (Lipinski definition) is 2. The highest BCUT2D eigenvalue weighted by Gasteiger charge is 2.09. The molecule has 0 aliphatic heterocycles. The summed E-state index contributed by atoms with van der Waals surface area (Å²) in [5.41, 5.74) is 2.24. The number of amides is 2. The molecule has 0 heterocycles. The third-order valence-electron chi connectivity index (χ3n) is 4.28. The Balaban J connectivity index is 1.93. The summed E-state index contributed by atoms with van der Waals surface area (Å²) >= 11 is 6.12. The molecule has 0 radical (unpaired) electrons. The minimum Gasteiger partial charge on any atom is -0.484 e. The zero-order valence-corrected chi connectivity index (χ0v) is 16.6.